The summed E-state index contributed by atoms with van der Waals surface area (Å²) in [7, 11) is 0. The first kappa shape index (κ1) is 25.7. The molecule has 172 valence electrons. The van der Waals surface area contributed by atoms with Gasteiger partial charge in [-0.3, -0.25) is 4.79 Å². The van der Waals surface area contributed by atoms with Crippen molar-refractivity contribution < 1.29 is 57.5 Å². The number of carbonyl (C=O) groups is 1. The molecule has 0 aromatic rings. The maximum absolute atomic E-state index is 13.7. The van der Waals surface area contributed by atoms with Gasteiger partial charge in [0.15, 0.2) is 0 Å². The molecular formula is C15H17F12NO. The molecule has 1 aliphatic carbocycles. The van der Waals surface area contributed by atoms with Crippen molar-refractivity contribution in [1.29, 1.82) is 0 Å². The van der Waals surface area contributed by atoms with E-state index in [4.69, 9.17) is 0 Å². The number of carbonyl (C=O) groups excluding carboxylic acids is 1. The third kappa shape index (κ3) is 4.39. The second-order valence-corrected chi connectivity index (χ2v) is 6.74. The number of hydrogen-bond donors (Lipinski definition) is 1. The van der Waals surface area contributed by atoms with E-state index < -0.39 is 48.0 Å². The zero-order valence-corrected chi connectivity index (χ0v) is 14.5. The standard InChI is InChI=1S/C15H17F12NO/c16-9(17)11(18,19)13(22,23)15(26,27)14(24,25)12(20,21)10(29)28-8-6-4-2-1-3-5-7-8/h8-9H,1-7H2,(H,28,29). The molecule has 0 aliphatic heterocycles. The molecule has 0 radical (unpaired) electrons. The Kier molecular flexibility index (Phi) is 7.44. The first-order chi connectivity index (χ1) is 12.9. The van der Waals surface area contributed by atoms with Gasteiger partial charge >= 0.3 is 36.0 Å². The van der Waals surface area contributed by atoms with Crippen LogP contribution in [-0.4, -0.2) is 48.0 Å². The highest BCUT2D eigenvalue weighted by molar-refractivity contribution is 5.85. The summed E-state index contributed by atoms with van der Waals surface area (Å²) in [4.78, 5) is 11.5. The van der Waals surface area contributed by atoms with Crippen LogP contribution in [0.5, 0.6) is 0 Å². The van der Waals surface area contributed by atoms with Gasteiger partial charge in [-0.1, -0.05) is 32.1 Å². The van der Waals surface area contributed by atoms with Crippen molar-refractivity contribution in [2.24, 2.45) is 0 Å². The molecule has 0 atom stereocenters. The summed E-state index contributed by atoms with van der Waals surface area (Å²) in [5.74, 6) is -39.5. The average Bonchev–Trinajstić information content (AvgIpc) is 2.55. The molecule has 0 unspecified atom stereocenters. The summed E-state index contributed by atoms with van der Waals surface area (Å²) in [6.45, 7) is 0. The summed E-state index contributed by atoms with van der Waals surface area (Å²) < 4.78 is 157. The molecule has 1 rings (SSSR count). The molecule has 0 spiro atoms. The van der Waals surface area contributed by atoms with Crippen LogP contribution >= 0.6 is 0 Å². The lowest BCUT2D eigenvalue weighted by Crippen LogP contribution is -2.71. The normalized spacial score (nSPS) is 19.1. The Morgan fingerprint density at radius 3 is 1.52 bits per heavy atom. The number of nitrogens with one attached hydrogen (secondary N) is 1. The molecule has 29 heavy (non-hydrogen) atoms. The molecular weight excluding hydrogens is 438 g/mol. The van der Waals surface area contributed by atoms with Crippen molar-refractivity contribution in [3.63, 3.8) is 0 Å². The van der Waals surface area contributed by atoms with E-state index in [1.165, 1.54) is 5.32 Å². The van der Waals surface area contributed by atoms with Gasteiger partial charge in [-0.05, 0) is 12.8 Å². The summed E-state index contributed by atoms with van der Waals surface area (Å²) in [5, 5.41) is 1.34. The van der Waals surface area contributed by atoms with Crippen molar-refractivity contribution in [1.82, 2.24) is 5.32 Å². The number of rotatable bonds is 7. The lowest BCUT2D eigenvalue weighted by molar-refractivity contribution is -0.407. The number of amides is 1. The second kappa shape index (κ2) is 8.40. The molecule has 0 aromatic carbocycles. The maximum Gasteiger partial charge on any atom is 0.392 e. The predicted octanol–water partition coefficient (Wildman–Crippen LogP) is 5.66. The highest BCUT2D eigenvalue weighted by Gasteiger charge is 2.89. The topological polar surface area (TPSA) is 29.1 Å². The van der Waals surface area contributed by atoms with Crippen LogP contribution in [-0.2, 0) is 4.79 Å². The van der Waals surface area contributed by atoms with Gasteiger partial charge in [0.05, 0.1) is 0 Å². The highest BCUT2D eigenvalue weighted by atomic mass is 19.4. The van der Waals surface area contributed by atoms with Gasteiger partial charge in [0.1, 0.15) is 0 Å². The van der Waals surface area contributed by atoms with E-state index in [0.717, 1.165) is 6.42 Å². The summed E-state index contributed by atoms with van der Waals surface area (Å²) in [6.07, 6.45) is -2.86. The van der Waals surface area contributed by atoms with Crippen molar-refractivity contribution in [2.45, 2.75) is 87.0 Å². The van der Waals surface area contributed by atoms with Crippen molar-refractivity contribution in [2.75, 3.05) is 0 Å². The second-order valence-electron chi connectivity index (χ2n) is 6.74. The lowest BCUT2D eigenvalue weighted by Gasteiger charge is -2.38. The van der Waals surface area contributed by atoms with Gasteiger partial charge in [0.25, 0.3) is 5.91 Å². The average molecular weight is 455 g/mol. The van der Waals surface area contributed by atoms with Gasteiger partial charge in [0.2, 0.25) is 0 Å². The minimum absolute atomic E-state index is 0.00337. The Morgan fingerprint density at radius 2 is 1.10 bits per heavy atom. The highest BCUT2D eigenvalue weighted by Crippen LogP contribution is 2.58. The monoisotopic (exact) mass is 455 g/mol. The van der Waals surface area contributed by atoms with Crippen LogP contribution in [0.2, 0.25) is 0 Å². The third-order valence-electron chi connectivity index (χ3n) is 4.60. The molecule has 1 aliphatic rings. The molecule has 1 amide bonds. The van der Waals surface area contributed by atoms with Crippen LogP contribution in [0.25, 0.3) is 0 Å². The fourth-order valence-electron chi connectivity index (χ4n) is 2.76. The van der Waals surface area contributed by atoms with E-state index >= 15 is 0 Å². The van der Waals surface area contributed by atoms with E-state index in [1.807, 2.05) is 0 Å². The predicted molar refractivity (Wildman–Crippen MR) is 75.0 cm³/mol. The van der Waals surface area contributed by atoms with Gasteiger partial charge in [0, 0.05) is 6.04 Å². The fourth-order valence-corrected chi connectivity index (χ4v) is 2.76. The molecule has 1 fully saturated rings. The van der Waals surface area contributed by atoms with Crippen LogP contribution in [0, 0.1) is 0 Å². The Hall–Kier alpha value is -1.37. The van der Waals surface area contributed by atoms with E-state index in [9.17, 15) is 57.5 Å². The van der Waals surface area contributed by atoms with Gasteiger partial charge in [-0.25, -0.2) is 8.78 Å². The summed E-state index contributed by atoms with van der Waals surface area (Å²) in [6, 6.07) is -1.17. The maximum atomic E-state index is 13.7. The summed E-state index contributed by atoms with van der Waals surface area (Å²) in [5.41, 5.74) is 0. The van der Waals surface area contributed by atoms with Gasteiger partial charge < -0.3 is 5.32 Å². The Bertz CT molecular complexity index is 570. The molecule has 0 saturated heterocycles. The zero-order chi connectivity index (χ0) is 22.9. The third-order valence-corrected chi connectivity index (χ3v) is 4.60. The minimum Gasteiger partial charge on any atom is -0.348 e. The number of alkyl halides is 12. The molecule has 0 aromatic heterocycles. The molecule has 2 nitrogen and oxygen atoms in total. The first-order valence-electron chi connectivity index (χ1n) is 8.42. The van der Waals surface area contributed by atoms with Crippen molar-refractivity contribution >= 4 is 5.91 Å². The molecule has 1 N–H and O–H groups in total. The number of hydrogen-bond acceptors (Lipinski definition) is 1. The minimum atomic E-state index is -7.69. The Labute approximate surface area is 157 Å². The quantitative estimate of drug-likeness (QED) is 0.494. The molecule has 1 saturated carbocycles. The summed E-state index contributed by atoms with van der Waals surface area (Å²) >= 11 is 0. The van der Waals surface area contributed by atoms with Gasteiger partial charge in [-0.2, -0.15) is 43.9 Å². The zero-order valence-electron chi connectivity index (χ0n) is 14.5. The molecule has 0 bridgehead atoms. The first-order valence-corrected chi connectivity index (χ1v) is 8.42. The van der Waals surface area contributed by atoms with Crippen LogP contribution < -0.4 is 5.32 Å². The van der Waals surface area contributed by atoms with Crippen LogP contribution in [0.15, 0.2) is 0 Å². The smallest absolute Gasteiger partial charge is 0.348 e. The largest absolute Gasteiger partial charge is 0.392 e. The van der Waals surface area contributed by atoms with Crippen LogP contribution in [0.3, 0.4) is 0 Å². The van der Waals surface area contributed by atoms with Crippen LogP contribution in [0.1, 0.15) is 44.9 Å². The number of halogens is 12. The fraction of sp³-hybridized carbons (Fsp3) is 0.933. The van der Waals surface area contributed by atoms with E-state index in [2.05, 4.69) is 0 Å². The lowest BCUT2D eigenvalue weighted by atomic mass is 9.93. The van der Waals surface area contributed by atoms with Crippen LogP contribution in [0.4, 0.5) is 52.7 Å². The Balaban J connectivity index is 3.17. The Morgan fingerprint density at radius 1 is 0.690 bits per heavy atom. The van der Waals surface area contributed by atoms with E-state index in [1.54, 1.807) is 0 Å². The van der Waals surface area contributed by atoms with E-state index in [0.29, 0.717) is 25.7 Å². The molecule has 14 heteroatoms. The molecule has 0 heterocycles. The SMILES string of the molecule is O=C(NC1CCCCCCC1)C(F)(F)C(F)(F)C(F)(F)C(F)(F)C(F)(F)C(F)F. The van der Waals surface area contributed by atoms with Crippen molar-refractivity contribution in [3.8, 4) is 0 Å². The van der Waals surface area contributed by atoms with Crippen molar-refractivity contribution in [3.05, 3.63) is 0 Å². The van der Waals surface area contributed by atoms with E-state index in [-0.39, 0.29) is 12.8 Å². The van der Waals surface area contributed by atoms with Gasteiger partial charge in [-0.15, -0.1) is 0 Å².